The highest BCUT2D eigenvalue weighted by molar-refractivity contribution is 7.81. The van der Waals surface area contributed by atoms with Crippen LogP contribution in [0.3, 0.4) is 0 Å². The molecule has 0 radical (unpaired) electrons. The number of hydrogen-bond donors (Lipinski definition) is 3. The average Bonchev–Trinajstić information content (AvgIpc) is 2.24. The largest absolute Gasteiger partial charge is 0.480 e. The molecule has 0 bridgehead atoms. The molecule has 2 atom stereocenters. The van der Waals surface area contributed by atoms with Gasteiger partial charge in [0.05, 0.1) is 5.60 Å². The summed E-state index contributed by atoms with van der Waals surface area (Å²) in [4.78, 5) is 11.0. The van der Waals surface area contributed by atoms with Gasteiger partial charge in [0.15, 0.2) is 0 Å². The Bertz CT molecular complexity index is 477. The molecular formula is C17H28O3S. The molecule has 0 saturated heterocycles. The zero-order valence-electron chi connectivity index (χ0n) is 13.9. The first-order chi connectivity index (χ1) is 9.24. The van der Waals surface area contributed by atoms with E-state index in [4.69, 9.17) is 5.11 Å². The molecule has 21 heavy (non-hydrogen) atoms. The maximum atomic E-state index is 11.0. The van der Waals surface area contributed by atoms with E-state index in [2.05, 4.69) is 60.2 Å². The van der Waals surface area contributed by atoms with Gasteiger partial charge < -0.3 is 10.2 Å². The molecule has 3 nitrogen and oxygen atoms in total. The SMILES string of the molecule is CC(C)(C)C1=CC(O)(CC(S)C(=O)O)CC(C(C)(C)C)=C1. The Morgan fingerprint density at radius 1 is 1.29 bits per heavy atom. The number of carboxylic acids is 1. The predicted octanol–water partition coefficient (Wildman–Crippen LogP) is 3.84. The molecule has 0 saturated carbocycles. The highest BCUT2D eigenvalue weighted by Gasteiger charge is 2.38. The van der Waals surface area contributed by atoms with Crippen molar-refractivity contribution in [3.8, 4) is 0 Å². The summed E-state index contributed by atoms with van der Waals surface area (Å²) in [5.74, 6) is -0.996. The van der Waals surface area contributed by atoms with Crippen molar-refractivity contribution in [1.29, 1.82) is 0 Å². The minimum Gasteiger partial charge on any atom is -0.480 e. The van der Waals surface area contributed by atoms with Crippen molar-refractivity contribution in [1.82, 2.24) is 0 Å². The van der Waals surface area contributed by atoms with Gasteiger partial charge in [-0.1, -0.05) is 53.2 Å². The van der Waals surface area contributed by atoms with Gasteiger partial charge in [0.1, 0.15) is 5.25 Å². The molecule has 0 aromatic heterocycles. The molecule has 2 unspecified atom stereocenters. The Morgan fingerprint density at radius 3 is 2.19 bits per heavy atom. The first-order valence-electron chi connectivity index (χ1n) is 7.32. The van der Waals surface area contributed by atoms with Gasteiger partial charge in [-0.05, 0) is 22.5 Å². The number of allylic oxidation sites excluding steroid dienone is 2. The molecule has 120 valence electrons. The minimum atomic E-state index is -1.15. The Kier molecular flexibility index (Phi) is 5.06. The third-order valence-electron chi connectivity index (χ3n) is 3.91. The summed E-state index contributed by atoms with van der Waals surface area (Å²) < 4.78 is 0. The van der Waals surface area contributed by atoms with Gasteiger partial charge in [-0.15, -0.1) is 0 Å². The van der Waals surface area contributed by atoms with E-state index in [1.54, 1.807) is 0 Å². The van der Waals surface area contributed by atoms with Crippen LogP contribution in [0.5, 0.6) is 0 Å². The fourth-order valence-corrected chi connectivity index (χ4v) is 2.73. The lowest BCUT2D eigenvalue weighted by Gasteiger charge is -2.39. The van der Waals surface area contributed by atoms with Crippen LogP contribution in [0.2, 0.25) is 0 Å². The number of aliphatic carboxylic acids is 1. The van der Waals surface area contributed by atoms with Crippen LogP contribution in [0.15, 0.2) is 23.3 Å². The summed E-state index contributed by atoms with van der Waals surface area (Å²) in [7, 11) is 0. The van der Waals surface area contributed by atoms with Crippen molar-refractivity contribution >= 4 is 18.6 Å². The second-order valence-electron chi connectivity index (χ2n) is 8.11. The molecule has 1 aliphatic rings. The van der Waals surface area contributed by atoms with Gasteiger partial charge in [0.2, 0.25) is 0 Å². The van der Waals surface area contributed by atoms with Gasteiger partial charge >= 0.3 is 5.97 Å². The van der Waals surface area contributed by atoms with Crippen LogP contribution in [0.25, 0.3) is 0 Å². The maximum Gasteiger partial charge on any atom is 0.316 e. The lowest BCUT2D eigenvalue weighted by atomic mass is 9.70. The second kappa shape index (κ2) is 5.81. The molecule has 0 amide bonds. The summed E-state index contributed by atoms with van der Waals surface area (Å²) in [5, 5.41) is 19.1. The summed E-state index contributed by atoms with van der Waals surface area (Å²) in [5.41, 5.74) is 0.884. The first kappa shape index (κ1) is 18.3. The molecule has 4 heteroatoms. The van der Waals surface area contributed by atoms with Crippen LogP contribution in [-0.2, 0) is 4.79 Å². The average molecular weight is 312 g/mol. The molecule has 0 spiro atoms. The Hall–Kier alpha value is -0.740. The van der Waals surface area contributed by atoms with Gasteiger partial charge in [-0.25, -0.2) is 0 Å². The zero-order valence-corrected chi connectivity index (χ0v) is 14.8. The van der Waals surface area contributed by atoms with E-state index >= 15 is 0 Å². The van der Waals surface area contributed by atoms with Crippen molar-refractivity contribution in [3.63, 3.8) is 0 Å². The Morgan fingerprint density at radius 2 is 1.81 bits per heavy atom. The molecule has 1 aliphatic carbocycles. The molecule has 0 fully saturated rings. The van der Waals surface area contributed by atoms with E-state index in [1.165, 1.54) is 0 Å². The van der Waals surface area contributed by atoms with E-state index in [0.717, 1.165) is 11.1 Å². The summed E-state index contributed by atoms with van der Waals surface area (Å²) in [6.45, 7) is 12.6. The molecular weight excluding hydrogens is 284 g/mol. The van der Waals surface area contributed by atoms with Gasteiger partial charge in [0, 0.05) is 12.8 Å². The first-order valence-corrected chi connectivity index (χ1v) is 7.84. The van der Waals surface area contributed by atoms with Crippen LogP contribution < -0.4 is 0 Å². The highest BCUT2D eigenvalue weighted by Crippen LogP contribution is 2.43. The van der Waals surface area contributed by atoms with Crippen molar-refractivity contribution in [2.45, 2.75) is 65.2 Å². The van der Waals surface area contributed by atoms with E-state index < -0.39 is 16.8 Å². The third kappa shape index (κ3) is 4.89. The van der Waals surface area contributed by atoms with Gasteiger partial charge in [0.25, 0.3) is 0 Å². The number of hydrogen-bond acceptors (Lipinski definition) is 3. The van der Waals surface area contributed by atoms with Crippen LogP contribution >= 0.6 is 12.6 Å². The van der Waals surface area contributed by atoms with Crippen LogP contribution in [0, 0.1) is 10.8 Å². The summed E-state index contributed by atoms with van der Waals surface area (Å²) in [6.07, 6.45) is 4.55. The number of thiol groups is 1. The molecule has 1 rings (SSSR count). The summed E-state index contributed by atoms with van der Waals surface area (Å²) in [6, 6.07) is 0. The normalized spacial score (nSPS) is 25.1. The molecule has 0 aromatic rings. The zero-order chi connectivity index (χ0) is 16.6. The predicted molar refractivity (Wildman–Crippen MR) is 89.7 cm³/mol. The number of aliphatic hydroxyl groups is 1. The van der Waals surface area contributed by atoms with Crippen molar-refractivity contribution in [2.24, 2.45) is 10.8 Å². The Labute approximate surface area is 133 Å². The quantitative estimate of drug-likeness (QED) is 0.694. The maximum absolute atomic E-state index is 11.0. The fourth-order valence-electron chi connectivity index (χ4n) is 2.42. The van der Waals surface area contributed by atoms with Gasteiger partial charge in [-0.2, -0.15) is 12.6 Å². The number of carbonyl (C=O) groups is 1. The highest BCUT2D eigenvalue weighted by atomic mass is 32.1. The van der Waals surface area contributed by atoms with E-state index in [1.807, 2.05) is 6.08 Å². The summed E-state index contributed by atoms with van der Waals surface area (Å²) >= 11 is 4.09. The lowest BCUT2D eigenvalue weighted by molar-refractivity contribution is -0.137. The van der Waals surface area contributed by atoms with E-state index in [-0.39, 0.29) is 17.3 Å². The number of carboxylic acid groups (broad SMARTS) is 1. The van der Waals surface area contributed by atoms with Crippen LogP contribution in [-0.4, -0.2) is 27.0 Å². The minimum absolute atomic E-state index is 0.0614. The lowest BCUT2D eigenvalue weighted by Crippen LogP contribution is -2.37. The van der Waals surface area contributed by atoms with Crippen LogP contribution in [0.4, 0.5) is 0 Å². The Balaban J connectivity index is 3.22. The van der Waals surface area contributed by atoms with Crippen molar-refractivity contribution in [2.75, 3.05) is 0 Å². The fraction of sp³-hybridized carbons (Fsp3) is 0.706. The van der Waals surface area contributed by atoms with E-state index in [9.17, 15) is 9.90 Å². The van der Waals surface area contributed by atoms with Crippen LogP contribution in [0.1, 0.15) is 54.4 Å². The second-order valence-corrected chi connectivity index (χ2v) is 8.73. The smallest absolute Gasteiger partial charge is 0.316 e. The van der Waals surface area contributed by atoms with E-state index in [0.29, 0.717) is 6.42 Å². The molecule has 0 aromatic carbocycles. The monoisotopic (exact) mass is 312 g/mol. The number of rotatable bonds is 3. The molecule has 0 heterocycles. The van der Waals surface area contributed by atoms with Crippen molar-refractivity contribution < 1.29 is 15.0 Å². The van der Waals surface area contributed by atoms with Gasteiger partial charge in [-0.3, -0.25) is 4.79 Å². The molecule has 0 aliphatic heterocycles. The topological polar surface area (TPSA) is 57.5 Å². The standard InChI is InChI=1S/C17H28O3S/c1-15(2,3)11-7-12(16(4,5)6)9-17(20,8-11)10-13(21)14(18)19/h7-8,13,20-21H,9-10H2,1-6H3,(H,18,19). The van der Waals surface area contributed by atoms with Crippen molar-refractivity contribution in [3.05, 3.63) is 23.3 Å². The molecule has 2 N–H and O–H groups in total. The third-order valence-corrected chi connectivity index (χ3v) is 4.32.